The Labute approximate surface area is 101 Å². The van der Waals surface area contributed by atoms with Crippen molar-refractivity contribution in [3.8, 4) is 0 Å². The first-order chi connectivity index (χ1) is 8.19. The van der Waals surface area contributed by atoms with E-state index in [1.807, 2.05) is 35.7 Å². The van der Waals surface area contributed by atoms with E-state index in [1.165, 1.54) is 11.1 Å². The van der Waals surface area contributed by atoms with Gasteiger partial charge in [0.05, 0.1) is 18.4 Å². The zero-order valence-electron chi connectivity index (χ0n) is 10.6. The van der Waals surface area contributed by atoms with Crippen LogP contribution in [0, 0.1) is 6.92 Å². The number of nitrogens with zero attached hydrogens (tertiary/aromatic N) is 4. The molecule has 2 heterocycles. The van der Waals surface area contributed by atoms with Gasteiger partial charge in [-0.05, 0) is 13.5 Å². The van der Waals surface area contributed by atoms with Crippen LogP contribution >= 0.6 is 0 Å². The molecule has 1 N–H and O–H groups in total. The highest BCUT2D eigenvalue weighted by Crippen LogP contribution is 2.07. The van der Waals surface area contributed by atoms with Crippen molar-refractivity contribution in [2.24, 2.45) is 7.05 Å². The van der Waals surface area contributed by atoms with Crippen molar-refractivity contribution >= 4 is 0 Å². The van der Waals surface area contributed by atoms with Gasteiger partial charge in [0.1, 0.15) is 0 Å². The molecule has 2 aromatic rings. The fraction of sp³-hybridized carbons (Fsp3) is 0.500. The molecule has 0 aliphatic carbocycles. The summed E-state index contributed by atoms with van der Waals surface area (Å²) in [7, 11) is 1.93. The fourth-order valence-electron chi connectivity index (χ4n) is 1.81. The molecule has 0 amide bonds. The zero-order chi connectivity index (χ0) is 12.3. The molecular formula is C12H19N5. The van der Waals surface area contributed by atoms with E-state index >= 15 is 0 Å². The first kappa shape index (κ1) is 11.9. The van der Waals surface area contributed by atoms with Gasteiger partial charge in [-0.2, -0.15) is 10.2 Å². The van der Waals surface area contributed by atoms with E-state index in [0.29, 0.717) is 0 Å². The molecule has 5 heteroatoms. The lowest BCUT2D eigenvalue weighted by Gasteiger charge is -1.98. The van der Waals surface area contributed by atoms with Crippen molar-refractivity contribution in [2.45, 2.75) is 26.9 Å². The van der Waals surface area contributed by atoms with Gasteiger partial charge in [-0.3, -0.25) is 9.36 Å². The maximum absolute atomic E-state index is 4.51. The van der Waals surface area contributed by atoms with E-state index < -0.39 is 0 Å². The molecule has 0 fully saturated rings. The Kier molecular flexibility index (Phi) is 3.58. The third-order valence-electron chi connectivity index (χ3n) is 2.72. The van der Waals surface area contributed by atoms with Crippen molar-refractivity contribution in [1.82, 2.24) is 24.9 Å². The van der Waals surface area contributed by atoms with Gasteiger partial charge in [0.15, 0.2) is 0 Å². The predicted octanol–water partition coefficient (Wildman–Crippen LogP) is 1.08. The highest BCUT2D eigenvalue weighted by molar-refractivity contribution is 5.16. The van der Waals surface area contributed by atoms with Crippen LogP contribution in [0.3, 0.4) is 0 Å². The maximum Gasteiger partial charge on any atom is 0.0690 e. The van der Waals surface area contributed by atoms with Gasteiger partial charge < -0.3 is 5.32 Å². The van der Waals surface area contributed by atoms with Gasteiger partial charge in [0.2, 0.25) is 0 Å². The Morgan fingerprint density at radius 1 is 1.35 bits per heavy atom. The molecule has 0 aliphatic rings. The molecule has 0 atom stereocenters. The molecular weight excluding hydrogens is 214 g/mol. The third-order valence-corrected chi connectivity index (χ3v) is 2.72. The largest absolute Gasteiger partial charge is 0.313 e. The van der Waals surface area contributed by atoms with E-state index in [0.717, 1.165) is 25.3 Å². The lowest BCUT2D eigenvalue weighted by molar-refractivity contribution is 0.677. The normalized spacial score (nSPS) is 11.0. The van der Waals surface area contributed by atoms with E-state index in [1.54, 1.807) is 0 Å². The van der Waals surface area contributed by atoms with Crippen LogP contribution in [-0.4, -0.2) is 26.1 Å². The second kappa shape index (κ2) is 5.14. The number of nitrogens with one attached hydrogen (secondary N) is 1. The Hall–Kier alpha value is -1.62. The van der Waals surface area contributed by atoms with Crippen molar-refractivity contribution in [3.05, 3.63) is 35.4 Å². The summed E-state index contributed by atoms with van der Waals surface area (Å²) in [6.45, 7) is 6.80. The van der Waals surface area contributed by atoms with Gasteiger partial charge in [0.25, 0.3) is 0 Å². The lowest BCUT2D eigenvalue weighted by atomic mass is 10.2. The molecule has 92 valence electrons. The summed E-state index contributed by atoms with van der Waals surface area (Å²) in [5.74, 6) is 0. The van der Waals surface area contributed by atoms with Gasteiger partial charge in [-0.25, -0.2) is 0 Å². The topological polar surface area (TPSA) is 47.7 Å². The second-order valence-corrected chi connectivity index (χ2v) is 4.24. The first-order valence-electron chi connectivity index (χ1n) is 5.90. The summed E-state index contributed by atoms with van der Waals surface area (Å²) in [6.07, 6.45) is 5.99. The summed E-state index contributed by atoms with van der Waals surface area (Å²) < 4.78 is 3.78. The van der Waals surface area contributed by atoms with E-state index in [2.05, 4.69) is 28.6 Å². The monoisotopic (exact) mass is 233 g/mol. The van der Waals surface area contributed by atoms with Crippen LogP contribution in [0.4, 0.5) is 0 Å². The van der Waals surface area contributed by atoms with E-state index in [9.17, 15) is 0 Å². The highest BCUT2D eigenvalue weighted by atomic mass is 15.3. The molecule has 0 bridgehead atoms. The molecule has 0 radical (unpaired) electrons. The highest BCUT2D eigenvalue weighted by Gasteiger charge is 2.05. The van der Waals surface area contributed by atoms with Crippen molar-refractivity contribution < 1.29 is 0 Å². The Morgan fingerprint density at radius 3 is 2.82 bits per heavy atom. The Balaban J connectivity index is 2.06. The molecule has 17 heavy (non-hydrogen) atoms. The van der Waals surface area contributed by atoms with Crippen LogP contribution in [0.1, 0.15) is 23.7 Å². The SMILES string of the molecule is CCNCc1cn(Cc2cnn(C)c2)nc1C. The van der Waals surface area contributed by atoms with Crippen LogP contribution < -0.4 is 5.32 Å². The maximum atomic E-state index is 4.51. The molecule has 2 rings (SSSR count). The smallest absolute Gasteiger partial charge is 0.0690 e. The van der Waals surface area contributed by atoms with Crippen LogP contribution in [0.25, 0.3) is 0 Å². The molecule has 0 aromatic carbocycles. The Bertz CT molecular complexity index is 483. The number of hydrogen-bond donors (Lipinski definition) is 1. The molecule has 0 spiro atoms. The summed E-state index contributed by atoms with van der Waals surface area (Å²) in [6, 6.07) is 0. The van der Waals surface area contributed by atoms with Crippen molar-refractivity contribution in [2.75, 3.05) is 6.54 Å². The second-order valence-electron chi connectivity index (χ2n) is 4.24. The minimum atomic E-state index is 0.779. The molecule has 2 aromatic heterocycles. The van der Waals surface area contributed by atoms with E-state index in [-0.39, 0.29) is 0 Å². The summed E-state index contributed by atoms with van der Waals surface area (Å²) in [5, 5.41) is 12.0. The molecule has 0 saturated carbocycles. The number of aromatic nitrogens is 4. The summed E-state index contributed by atoms with van der Waals surface area (Å²) in [4.78, 5) is 0. The third kappa shape index (κ3) is 2.94. The minimum absolute atomic E-state index is 0.779. The number of rotatable bonds is 5. The predicted molar refractivity (Wildman–Crippen MR) is 66.7 cm³/mol. The molecule has 0 unspecified atom stereocenters. The van der Waals surface area contributed by atoms with Crippen molar-refractivity contribution in [3.63, 3.8) is 0 Å². The molecule has 0 aliphatic heterocycles. The van der Waals surface area contributed by atoms with Crippen LogP contribution in [0.2, 0.25) is 0 Å². The van der Waals surface area contributed by atoms with Crippen LogP contribution in [0.5, 0.6) is 0 Å². The lowest BCUT2D eigenvalue weighted by Crippen LogP contribution is -2.11. The molecule has 5 nitrogen and oxygen atoms in total. The average molecular weight is 233 g/mol. The summed E-state index contributed by atoms with van der Waals surface area (Å²) >= 11 is 0. The van der Waals surface area contributed by atoms with Gasteiger partial charge in [-0.15, -0.1) is 0 Å². The van der Waals surface area contributed by atoms with Gasteiger partial charge in [-0.1, -0.05) is 6.92 Å². The summed E-state index contributed by atoms with van der Waals surface area (Å²) in [5.41, 5.74) is 3.52. The van der Waals surface area contributed by atoms with Crippen LogP contribution in [0.15, 0.2) is 18.6 Å². The molecule has 0 saturated heterocycles. The number of aryl methyl sites for hydroxylation is 2. The minimum Gasteiger partial charge on any atom is -0.313 e. The van der Waals surface area contributed by atoms with Gasteiger partial charge >= 0.3 is 0 Å². The van der Waals surface area contributed by atoms with Crippen molar-refractivity contribution in [1.29, 1.82) is 0 Å². The van der Waals surface area contributed by atoms with Crippen LogP contribution in [-0.2, 0) is 20.1 Å². The van der Waals surface area contributed by atoms with Gasteiger partial charge in [0, 0.05) is 37.1 Å². The van der Waals surface area contributed by atoms with E-state index in [4.69, 9.17) is 0 Å². The quantitative estimate of drug-likeness (QED) is 0.840. The average Bonchev–Trinajstić information content (AvgIpc) is 2.83. The zero-order valence-corrected chi connectivity index (χ0v) is 10.6. The first-order valence-corrected chi connectivity index (χ1v) is 5.90. The fourth-order valence-corrected chi connectivity index (χ4v) is 1.81. The standard InChI is InChI=1S/C12H19N5/c1-4-13-6-12-9-17(15-10(12)2)8-11-5-14-16(3)7-11/h5,7,9,13H,4,6,8H2,1-3H3. The number of hydrogen-bond acceptors (Lipinski definition) is 3. The Morgan fingerprint density at radius 2 is 2.18 bits per heavy atom.